The van der Waals surface area contributed by atoms with E-state index in [0.29, 0.717) is 24.2 Å². The largest absolute Gasteiger partial charge is 0.462 e. The third-order valence-electron chi connectivity index (χ3n) is 10.1. The lowest BCUT2D eigenvalue weighted by Crippen LogP contribution is -2.50. The molecule has 0 bridgehead atoms. The minimum absolute atomic E-state index is 0.0318. The van der Waals surface area contributed by atoms with Crippen molar-refractivity contribution < 1.29 is 19.1 Å². The van der Waals surface area contributed by atoms with Gasteiger partial charge in [0.05, 0.1) is 19.6 Å². The number of ketones is 1. The van der Waals surface area contributed by atoms with Gasteiger partial charge < -0.3 is 9.47 Å². The van der Waals surface area contributed by atoms with E-state index in [1.54, 1.807) is 6.92 Å². The number of hydrogen-bond donors (Lipinski definition) is 0. The first kappa shape index (κ1) is 23.3. The topological polar surface area (TPSA) is 55.8 Å². The van der Waals surface area contributed by atoms with Crippen molar-refractivity contribution in [2.75, 3.05) is 32.8 Å². The van der Waals surface area contributed by atoms with Gasteiger partial charge in [-0.1, -0.05) is 31.6 Å². The summed E-state index contributed by atoms with van der Waals surface area (Å²) >= 11 is 0. The molecule has 0 aromatic carbocycles. The summed E-state index contributed by atoms with van der Waals surface area (Å²) < 4.78 is 11.3. The maximum Gasteiger partial charge on any atom is 0.307 e. The molecule has 0 aromatic heterocycles. The Morgan fingerprint density at radius 1 is 1.06 bits per heavy atom. The Labute approximate surface area is 198 Å². The van der Waals surface area contributed by atoms with E-state index in [0.717, 1.165) is 76.9 Å². The van der Waals surface area contributed by atoms with Gasteiger partial charge in [0.15, 0.2) is 5.78 Å². The van der Waals surface area contributed by atoms with Crippen LogP contribution in [0.25, 0.3) is 0 Å². The van der Waals surface area contributed by atoms with Crippen molar-refractivity contribution in [1.82, 2.24) is 4.90 Å². The number of hydrogen-bond acceptors (Lipinski definition) is 5. The van der Waals surface area contributed by atoms with Gasteiger partial charge in [0.1, 0.15) is 6.10 Å². The van der Waals surface area contributed by atoms with Gasteiger partial charge >= 0.3 is 5.97 Å². The molecule has 1 heterocycles. The fourth-order valence-electron chi connectivity index (χ4n) is 8.16. The molecule has 1 saturated heterocycles. The summed E-state index contributed by atoms with van der Waals surface area (Å²) in [5.41, 5.74) is 2.92. The summed E-state index contributed by atoms with van der Waals surface area (Å²) in [6.45, 7) is 10.7. The quantitative estimate of drug-likeness (QED) is 0.444. The summed E-state index contributed by atoms with van der Waals surface area (Å²) in [7, 11) is 0. The normalized spacial score (nSPS) is 40.7. The highest BCUT2D eigenvalue weighted by atomic mass is 16.5. The van der Waals surface area contributed by atoms with Gasteiger partial charge in [-0.3, -0.25) is 14.5 Å². The smallest absolute Gasteiger partial charge is 0.307 e. The third-order valence-corrected chi connectivity index (χ3v) is 10.1. The SMILES string of the molecule is CC(=O)C1=CC[C@@H]2[C@@H]3CC=C4C[C@@H](OC(=O)CCN5CCOCC5)CC[C@]4(C)[C@@H]3CC[C@]12C. The first-order valence-corrected chi connectivity index (χ1v) is 13.2. The van der Waals surface area contributed by atoms with E-state index >= 15 is 0 Å². The molecule has 5 nitrogen and oxygen atoms in total. The maximum absolute atomic E-state index is 12.5. The fraction of sp³-hybridized carbons (Fsp3) is 0.786. The van der Waals surface area contributed by atoms with Crippen LogP contribution in [0.4, 0.5) is 0 Å². The van der Waals surface area contributed by atoms with E-state index in [9.17, 15) is 9.59 Å². The Hall–Kier alpha value is -1.46. The van der Waals surface area contributed by atoms with Gasteiger partial charge in [-0.25, -0.2) is 0 Å². The van der Waals surface area contributed by atoms with Crippen molar-refractivity contribution >= 4 is 11.8 Å². The van der Waals surface area contributed by atoms with E-state index < -0.39 is 0 Å². The Morgan fingerprint density at radius 3 is 2.58 bits per heavy atom. The Bertz CT molecular complexity index is 856. The average Bonchev–Trinajstić information content (AvgIpc) is 3.16. The lowest BCUT2D eigenvalue weighted by Gasteiger charge is -2.57. The zero-order valence-corrected chi connectivity index (χ0v) is 20.7. The molecule has 0 radical (unpaired) electrons. The second-order valence-corrected chi connectivity index (χ2v) is 11.7. The molecule has 1 aliphatic heterocycles. The molecule has 3 fully saturated rings. The zero-order chi connectivity index (χ0) is 23.2. The average molecular weight is 456 g/mol. The monoisotopic (exact) mass is 455 g/mol. The third kappa shape index (κ3) is 4.14. The van der Waals surface area contributed by atoms with Crippen LogP contribution in [0.5, 0.6) is 0 Å². The molecule has 5 rings (SSSR count). The highest BCUT2D eigenvalue weighted by molar-refractivity contribution is 5.95. The minimum Gasteiger partial charge on any atom is -0.462 e. The van der Waals surface area contributed by atoms with Crippen LogP contribution in [-0.2, 0) is 19.1 Å². The molecule has 33 heavy (non-hydrogen) atoms. The Kier molecular flexibility index (Phi) is 6.32. The molecular formula is C28H41NO4. The van der Waals surface area contributed by atoms with Gasteiger partial charge in [-0.2, -0.15) is 0 Å². The summed E-state index contributed by atoms with van der Waals surface area (Å²) in [5, 5.41) is 0. The Morgan fingerprint density at radius 2 is 1.82 bits per heavy atom. The number of carbonyl (C=O) groups is 2. The van der Waals surface area contributed by atoms with Crippen LogP contribution in [0, 0.1) is 28.6 Å². The lowest BCUT2D eigenvalue weighted by molar-refractivity contribution is -0.152. The number of morpholine rings is 1. The van der Waals surface area contributed by atoms with Gasteiger partial charge in [0.25, 0.3) is 0 Å². The molecule has 0 spiro atoms. The van der Waals surface area contributed by atoms with Crippen molar-refractivity contribution in [3.63, 3.8) is 0 Å². The first-order valence-electron chi connectivity index (χ1n) is 13.2. The second kappa shape index (κ2) is 8.96. The molecule has 5 aliphatic rings. The van der Waals surface area contributed by atoms with Crippen LogP contribution in [0.3, 0.4) is 0 Å². The van der Waals surface area contributed by atoms with E-state index in [-0.39, 0.29) is 28.7 Å². The van der Waals surface area contributed by atoms with Crippen LogP contribution in [0.2, 0.25) is 0 Å². The predicted octanol–water partition coefficient (Wildman–Crippen LogP) is 4.71. The zero-order valence-electron chi connectivity index (χ0n) is 20.7. The van der Waals surface area contributed by atoms with E-state index in [1.807, 2.05) is 0 Å². The summed E-state index contributed by atoms with van der Waals surface area (Å²) in [4.78, 5) is 27.1. The van der Waals surface area contributed by atoms with E-state index in [2.05, 4.69) is 30.9 Å². The number of allylic oxidation sites excluding steroid dienone is 3. The van der Waals surface area contributed by atoms with Crippen LogP contribution in [0.15, 0.2) is 23.3 Å². The summed E-state index contributed by atoms with van der Waals surface area (Å²) in [6.07, 6.45) is 12.8. The molecule has 2 saturated carbocycles. The van der Waals surface area contributed by atoms with Gasteiger partial charge in [0, 0.05) is 26.1 Å². The maximum atomic E-state index is 12.5. The van der Waals surface area contributed by atoms with Gasteiger partial charge in [-0.15, -0.1) is 0 Å². The van der Waals surface area contributed by atoms with Crippen LogP contribution < -0.4 is 0 Å². The van der Waals surface area contributed by atoms with E-state index in [4.69, 9.17) is 9.47 Å². The highest BCUT2D eigenvalue weighted by Gasteiger charge is 2.57. The van der Waals surface area contributed by atoms with Crippen LogP contribution in [0.1, 0.15) is 72.1 Å². The molecule has 182 valence electrons. The number of fused-ring (bicyclic) bond motifs is 5. The van der Waals surface area contributed by atoms with Crippen molar-refractivity contribution in [2.45, 2.75) is 78.2 Å². The van der Waals surface area contributed by atoms with Crippen molar-refractivity contribution in [3.05, 3.63) is 23.3 Å². The Balaban J connectivity index is 1.21. The number of esters is 1. The lowest BCUT2D eigenvalue weighted by atomic mass is 9.47. The molecule has 0 aromatic rings. The van der Waals surface area contributed by atoms with Crippen molar-refractivity contribution in [1.29, 1.82) is 0 Å². The molecule has 5 heteroatoms. The summed E-state index contributed by atoms with van der Waals surface area (Å²) in [6, 6.07) is 0. The first-order chi connectivity index (χ1) is 15.8. The predicted molar refractivity (Wildman–Crippen MR) is 128 cm³/mol. The van der Waals surface area contributed by atoms with E-state index in [1.165, 1.54) is 12.0 Å². The number of carbonyl (C=O) groups excluding carboxylic acids is 2. The summed E-state index contributed by atoms with van der Waals surface area (Å²) in [5.74, 6) is 2.17. The van der Waals surface area contributed by atoms with Crippen LogP contribution in [-0.4, -0.2) is 55.6 Å². The van der Waals surface area contributed by atoms with Crippen molar-refractivity contribution in [2.24, 2.45) is 28.6 Å². The standard InChI is InChI=1S/C28H41NO4/c1-19(30)23-6-7-24-22-5-4-20-18-21(33-26(31)10-13-29-14-16-32-17-15-29)8-11-27(20,2)25(22)9-12-28(23,24)3/h4,6,21-22,24-25H,5,7-18H2,1-3H3/t21-,22-,24+,25+,27-,28+/m0/s1. The fourth-order valence-corrected chi connectivity index (χ4v) is 8.16. The van der Waals surface area contributed by atoms with Gasteiger partial charge in [-0.05, 0) is 79.6 Å². The minimum atomic E-state index is -0.0494. The molecule has 0 N–H and O–H groups in total. The number of ether oxygens (including phenoxy) is 2. The van der Waals surface area contributed by atoms with Gasteiger partial charge in [0.2, 0.25) is 0 Å². The molecule has 0 amide bonds. The number of rotatable bonds is 5. The second-order valence-electron chi connectivity index (χ2n) is 11.7. The number of nitrogens with zero attached hydrogens (tertiary/aromatic N) is 1. The van der Waals surface area contributed by atoms with Crippen molar-refractivity contribution in [3.8, 4) is 0 Å². The molecule has 6 atom stereocenters. The molecular weight excluding hydrogens is 414 g/mol. The molecule has 0 unspecified atom stereocenters. The molecule has 4 aliphatic carbocycles. The highest BCUT2D eigenvalue weighted by Crippen LogP contribution is 2.65. The number of Topliss-reactive ketones (excluding diaryl/α,β-unsaturated/α-hetero) is 1. The van der Waals surface area contributed by atoms with Crippen LogP contribution >= 0.6 is 0 Å².